The Bertz CT molecular complexity index is 2350. The Morgan fingerprint density at radius 3 is 0.769 bits per heavy atom. The molecule has 19 heteroatoms. The molecular formula is C85H150O17P2. The van der Waals surface area contributed by atoms with Gasteiger partial charge in [0.2, 0.25) is 0 Å². The minimum absolute atomic E-state index is 0.0205. The fourth-order valence-electron chi connectivity index (χ4n) is 11.2. The van der Waals surface area contributed by atoms with Crippen molar-refractivity contribution < 1.29 is 80.2 Å². The van der Waals surface area contributed by atoms with Gasteiger partial charge in [-0.05, 0) is 103 Å². The number of phosphoric ester groups is 2. The van der Waals surface area contributed by atoms with E-state index in [1.165, 1.54) is 173 Å². The van der Waals surface area contributed by atoms with Crippen LogP contribution >= 0.6 is 15.6 Å². The molecule has 0 bridgehead atoms. The molecule has 0 saturated carbocycles. The summed E-state index contributed by atoms with van der Waals surface area (Å²) in [6.07, 6.45) is 82.5. The van der Waals surface area contributed by atoms with Crippen LogP contribution in [-0.2, 0) is 65.4 Å². The SMILES string of the molecule is CCCCC/C=C\C/C=C\C/C=C\C/C=C\CCCC(=O)OC[C@H](COP(=O)(O)OC[C@@H](O)COP(=O)(O)OC[C@@H](COC(=O)CCCCCCCCCCCCCCCCCCC)OC(=O)CCC/C=C\C/C=C\C/C=C\C/C=C\CCCCC)OC(=O)CCCCCCCCCCCCCCC. The first-order valence-corrected chi connectivity index (χ1v) is 44.5. The third-order valence-electron chi connectivity index (χ3n) is 17.6. The molecule has 0 heterocycles. The molecule has 17 nitrogen and oxygen atoms in total. The largest absolute Gasteiger partial charge is 0.472 e. The van der Waals surface area contributed by atoms with Gasteiger partial charge in [0.05, 0.1) is 26.4 Å². The summed E-state index contributed by atoms with van der Waals surface area (Å²) in [6.45, 7) is 4.76. The molecule has 0 aliphatic rings. The number of hydrogen-bond donors (Lipinski definition) is 3. The molecule has 0 aromatic carbocycles. The molecule has 0 aromatic rings. The van der Waals surface area contributed by atoms with Crippen molar-refractivity contribution in [3.05, 3.63) is 97.2 Å². The van der Waals surface area contributed by atoms with Gasteiger partial charge >= 0.3 is 39.5 Å². The lowest BCUT2D eigenvalue weighted by Crippen LogP contribution is -2.30. The number of ether oxygens (including phenoxy) is 4. The summed E-state index contributed by atoms with van der Waals surface area (Å²) >= 11 is 0. The Hall–Kier alpha value is -4.02. The second kappa shape index (κ2) is 77.1. The van der Waals surface area contributed by atoms with E-state index in [1.54, 1.807) is 0 Å². The van der Waals surface area contributed by atoms with Crippen molar-refractivity contribution in [3.8, 4) is 0 Å². The van der Waals surface area contributed by atoms with E-state index in [1.807, 2.05) is 24.3 Å². The summed E-state index contributed by atoms with van der Waals surface area (Å²) in [6, 6.07) is 0. The number of hydrogen-bond acceptors (Lipinski definition) is 15. The molecule has 0 rings (SSSR count). The van der Waals surface area contributed by atoms with Crippen LogP contribution in [0.3, 0.4) is 0 Å². The Kier molecular flexibility index (Phi) is 74.2. The monoisotopic (exact) mass is 1510 g/mol. The maximum Gasteiger partial charge on any atom is 0.472 e. The molecule has 0 spiro atoms. The number of unbranched alkanes of at least 4 members (excludes halogenated alkanes) is 36. The first kappa shape index (κ1) is 100.0. The van der Waals surface area contributed by atoms with E-state index in [0.29, 0.717) is 38.5 Å². The summed E-state index contributed by atoms with van der Waals surface area (Å²) in [5.41, 5.74) is 0. The number of aliphatic hydroxyl groups is 1. The zero-order chi connectivity index (χ0) is 76.0. The smallest absolute Gasteiger partial charge is 0.462 e. The highest BCUT2D eigenvalue weighted by atomic mass is 31.2. The second-order valence-electron chi connectivity index (χ2n) is 27.7. The van der Waals surface area contributed by atoms with Gasteiger partial charge < -0.3 is 33.8 Å². The van der Waals surface area contributed by atoms with E-state index < -0.39 is 97.5 Å². The number of carbonyl (C=O) groups is 4. The Morgan fingerprint density at radius 2 is 0.481 bits per heavy atom. The molecule has 0 amide bonds. The van der Waals surface area contributed by atoms with E-state index >= 15 is 0 Å². The maximum atomic E-state index is 13.1. The van der Waals surface area contributed by atoms with E-state index in [-0.39, 0.29) is 25.7 Å². The van der Waals surface area contributed by atoms with Crippen LogP contribution in [0.1, 0.15) is 362 Å². The summed E-state index contributed by atoms with van der Waals surface area (Å²) in [5.74, 6) is -2.28. The summed E-state index contributed by atoms with van der Waals surface area (Å²) in [7, 11) is -9.98. The highest BCUT2D eigenvalue weighted by molar-refractivity contribution is 7.47. The predicted molar refractivity (Wildman–Crippen MR) is 427 cm³/mol. The summed E-state index contributed by atoms with van der Waals surface area (Å²) < 4.78 is 68.6. The summed E-state index contributed by atoms with van der Waals surface area (Å²) in [4.78, 5) is 73.0. The number of esters is 4. The van der Waals surface area contributed by atoms with Gasteiger partial charge in [0.15, 0.2) is 12.2 Å². The summed E-state index contributed by atoms with van der Waals surface area (Å²) in [5, 5.41) is 10.6. The second-order valence-corrected chi connectivity index (χ2v) is 30.6. The zero-order valence-electron chi connectivity index (χ0n) is 65.9. The van der Waals surface area contributed by atoms with Gasteiger partial charge in [0.1, 0.15) is 19.3 Å². The quantitative estimate of drug-likeness (QED) is 0.0169. The lowest BCUT2D eigenvalue weighted by molar-refractivity contribution is -0.161. The van der Waals surface area contributed by atoms with Crippen LogP contribution in [0, 0.1) is 0 Å². The lowest BCUT2D eigenvalue weighted by Gasteiger charge is -2.21. The first-order chi connectivity index (χ1) is 50.7. The average molecular weight is 1510 g/mol. The Balaban J connectivity index is 5.42. The minimum Gasteiger partial charge on any atom is -0.462 e. The minimum atomic E-state index is -4.99. The Morgan fingerprint density at radius 1 is 0.269 bits per heavy atom. The van der Waals surface area contributed by atoms with Gasteiger partial charge in [-0.2, -0.15) is 0 Å². The van der Waals surface area contributed by atoms with Crippen LogP contribution in [-0.4, -0.2) is 96.7 Å². The molecular weight excluding hydrogens is 1350 g/mol. The number of rotatable bonds is 78. The molecule has 104 heavy (non-hydrogen) atoms. The van der Waals surface area contributed by atoms with Crippen molar-refractivity contribution in [1.29, 1.82) is 0 Å². The van der Waals surface area contributed by atoms with Gasteiger partial charge in [-0.3, -0.25) is 37.3 Å². The van der Waals surface area contributed by atoms with Crippen molar-refractivity contribution >= 4 is 39.5 Å². The van der Waals surface area contributed by atoms with Gasteiger partial charge in [-0.25, -0.2) is 9.13 Å². The van der Waals surface area contributed by atoms with Crippen molar-refractivity contribution in [2.75, 3.05) is 39.6 Å². The van der Waals surface area contributed by atoms with Gasteiger partial charge in [-0.15, -0.1) is 0 Å². The number of allylic oxidation sites excluding steroid dienone is 16. The first-order valence-electron chi connectivity index (χ1n) is 41.5. The Labute approximate surface area is 633 Å². The number of phosphoric acid groups is 2. The third kappa shape index (κ3) is 76.2. The van der Waals surface area contributed by atoms with Crippen LogP contribution in [0.15, 0.2) is 97.2 Å². The number of carbonyl (C=O) groups excluding carboxylic acids is 4. The van der Waals surface area contributed by atoms with Crippen LogP contribution in [0.2, 0.25) is 0 Å². The number of aliphatic hydroxyl groups excluding tert-OH is 1. The highest BCUT2D eigenvalue weighted by Crippen LogP contribution is 2.45. The van der Waals surface area contributed by atoms with Crippen molar-refractivity contribution in [3.63, 3.8) is 0 Å². The van der Waals surface area contributed by atoms with E-state index in [4.69, 9.17) is 37.0 Å². The topological polar surface area (TPSA) is 237 Å². The molecule has 0 aliphatic heterocycles. The zero-order valence-corrected chi connectivity index (χ0v) is 67.7. The molecule has 602 valence electrons. The molecule has 2 unspecified atom stereocenters. The van der Waals surface area contributed by atoms with Crippen LogP contribution in [0.4, 0.5) is 0 Å². The molecule has 0 fully saturated rings. The van der Waals surface area contributed by atoms with Gasteiger partial charge in [-0.1, -0.05) is 330 Å². The predicted octanol–water partition coefficient (Wildman–Crippen LogP) is 24.3. The van der Waals surface area contributed by atoms with E-state index in [9.17, 15) is 43.2 Å². The average Bonchev–Trinajstić information content (AvgIpc) is 0.910. The molecule has 0 aliphatic carbocycles. The van der Waals surface area contributed by atoms with E-state index in [0.717, 1.165) is 96.3 Å². The van der Waals surface area contributed by atoms with E-state index in [2.05, 4.69) is 101 Å². The van der Waals surface area contributed by atoms with Crippen LogP contribution in [0.5, 0.6) is 0 Å². The van der Waals surface area contributed by atoms with Crippen molar-refractivity contribution in [2.45, 2.75) is 380 Å². The van der Waals surface area contributed by atoms with Crippen LogP contribution in [0.25, 0.3) is 0 Å². The van der Waals surface area contributed by atoms with Crippen molar-refractivity contribution in [1.82, 2.24) is 0 Å². The van der Waals surface area contributed by atoms with Gasteiger partial charge in [0, 0.05) is 25.7 Å². The third-order valence-corrected chi connectivity index (χ3v) is 19.5. The fraction of sp³-hybridized carbons (Fsp3) is 0.765. The molecule has 3 N–H and O–H groups in total. The van der Waals surface area contributed by atoms with Crippen molar-refractivity contribution in [2.24, 2.45) is 0 Å². The molecule has 0 radical (unpaired) electrons. The highest BCUT2D eigenvalue weighted by Gasteiger charge is 2.30. The molecule has 0 saturated heterocycles. The van der Waals surface area contributed by atoms with Gasteiger partial charge in [0.25, 0.3) is 0 Å². The molecule has 0 aromatic heterocycles. The lowest BCUT2D eigenvalue weighted by atomic mass is 10.0. The standard InChI is InChI=1S/C85H150O17P2/c1-5-9-13-17-21-25-29-33-36-39-42-46-49-53-57-61-65-69-82(87)95-75-80(101-84(89)71-67-63-59-55-51-45-32-28-24-20-16-12-8-4)77-99-103(91,92)97-73-79(86)74-98-104(93,94)100-78-81(102-85(90)72-68-64-60-56-52-48-44-41-38-35-31-27-23-19-15-11-7-3)76-96-83(88)70-66-62-58-54-50-47-43-40-37-34-30-26-22-18-14-10-6-2/h21,23,25,27,33,35-36,38,42,44,46,48,53,56-57,60,79-81,86H,5-20,22,24,26,28-32,34,37,39-41,43,45,47,49-52,54-55,58-59,61-78H2,1-4H3,(H,91,92)(H,93,94)/b25-21-,27-23-,36-33-,38-35-,46-42-,48-44-,57-53-,60-56-/t79-,80-,81-/m1/s1. The normalized spacial score (nSPS) is 14.3. The fourth-order valence-corrected chi connectivity index (χ4v) is 12.8. The maximum absolute atomic E-state index is 13.1. The molecule has 5 atom stereocenters. The van der Waals surface area contributed by atoms with Crippen LogP contribution < -0.4 is 0 Å².